The molecule has 0 heterocycles. The summed E-state index contributed by atoms with van der Waals surface area (Å²) in [6.07, 6.45) is 1.93. The van der Waals surface area contributed by atoms with Gasteiger partial charge in [-0.25, -0.2) is 0 Å². The van der Waals surface area contributed by atoms with Crippen LogP contribution in [0.3, 0.4) is 0 Å². The molecule has 1 rings (SSSR count). The van der Waals surface area contributed by atoms with Gasteiger partial charge in [-0.2, -0.15) is 0 Å². The molecule has 0 aliphatic rings. The highest BCUT2D eigenvalue weighted by Crippen LogP contribution is 2.22. The van der Waals surface area contributed by atoms with E-state index < -0.39 is 0 Å². The largest absolute Gasteiger partial charge is 0.465 e. The van der Waals surface area contributed by atoms with Crippen molar-refractivity contribution < 1.29 is 14.3 Å². The van der Waals surface area contributed by atoms with E-state index in [1.54, 1.807) is 13.0 Å². The van der Waals surface area contributed by atoms with Crippen LogP contribution in [0.2, 0.25) is 0 Å². The monoisotopic (exact) mass is 295 g/mol. The van der Waals surface area contributed by atoms with Crippen LogP contribution in [0.5, 0.6) is 0 Å². The Morgan fingerprint density at radius 1 is 1.30 bits per heavy atom. The summed E-state index contributed by atoms with van der Waals surface area (Å²) >= 11 is 1.52. The predicted molar refractivity (Wildman–Crippen MR) is 81.0 cm³/mol. The molecule has 0 fully saturated rings. The molecule has 110 valence electrons. The number of rotatable bonds is 6. The maximum atomic E-state index is 12.6. The van der Waals surface area contributed by atoms with Crippen LogP contribution in [0.1, 0.15) is 31.1 Å². The Hall–Kier alpha value is -1.49. The summed E-state index contributed by atoms with van der Waals surface area (Å²) < 4.78 is 4.93. The Morgan fingerprint density at radius 2 is 1.95 bits per heavy atom. The van der Waals surface area contributed by atoms with Gasteiger partial charge >= 0.3 is 5.97 Å². The van der Waals surface area contributed by atoms with E-state index >= 15 is 0 Å². The Balaban J connectivity index is 2.97. The Labute approximate surface area is 124 Å². The number of nitrogens with zero attached hydrogens (tertiary/aromatic N) is 1. The van der Waals surface area contributed by atoms with Crippen LogP contribution < -0.4 is 0 Å². The minimum absolute atomic E-state index is 0.0208. The van der Waals surface area contributed by atoms with E-state index in [4.69, 9.17) is 4.74 Å². The lowest BCUT2D eigenvalue weighted by Gasteiger charge is -2.26. The molecular weight excluding hydrogens is 274 g/mol. The van der Waals surface area contributed by atoms with Gasteiger partial charge in [-0.3, -0.25) is 9.59 Å². The van der Waals surface area contributed by atoms with Crippen molar-refractivity contribution in [2.75, 3.05) is 19.4 Å². The molecule has 5 heteroatoms. The summed E-state index contributed by atoms with van der Waals surface area (Å²) in [4.78, 5) is 26.7. The average Bonchev–Trinajstić information content (AvgIpc) is 2.44. The summed E-state index contributed by atoms with van der Waals surface area (Å²) in [6.45, 7) is 5.83. The van der Waals surface area contributed by atoms with E-state index in [-0.39, 0.29) is 24.5 Å². The zero-order valence-corrected chi connectivity index (χ0v) is 13.2. The third-order valence-electron chi connectivity index (χ3n) is 2.83. The van der Waals surface area contributed by atoms with Crippen molar-refractivity contribution in [2.24, 2.45) is 0 Å². The van der Waals surface area contributed by atoms with Crippen molar-refractivity contribution in [3.8, 4) is 0 Å². The molecule has 0 saturated heterocycles. The second kappa shape index (κ2) is 7.94. The van der Waals surface area contributed by atoms with Gasteiger partial charge in [0.15, 0.2) is 0 Å². The lowest BCUT2D eigenvalue weighted by Crippen LogP contribution is -2.41. The van der Waals surface area contributed by atoms with Crippen molar-refractivity contribution >= 4 is 23.6 Å². The van der Waals surface area contributed by atoms with Gasteiger partial charge in [0.1, 0.15) is 6.54 Å². The molecule has 20 heavy (non-hydrogen) atoms. The first kappa shape index (κ1) is 16.6. The first-order chi connectivity index (χ1) is 9.51. The second-order valence-corrected chi connectivity index (χ2v) is 5.38. The van der Waals surface area contributed by atoms with E-state index in [0.717, 1.165) is 4.90 Å². The van der Waals surface area contributed by atoms with Crippen LogP contribution in [0.25, 0.3) is 0 Å². The third-order valence-corrected chi connectivity index (χ3v) is 3.62. The molecule has 0 aliphatic carbocycles. The van der Waals surface area contributed by atoms with E-state index in [1.165, 1.54) is 16.7 Å². The fraction of sp³-hybridized carbons (Fsp3) is 0.467. The number of carbonyl (C=O) groups is 2. The van der Waals surface area contributed by atoms with Crippen LogP contribution in [0.4, 0.5) is 0 Å². The molecule has 0 aliphatic heterocycles. The Morgan fingerprint density at radius 3 is 2.50 bits per heavy atom. The number of hydrogen-bond acceptors (Lipinski definition) is 4. The number of benzene rings is 1. The molecule has 0 spiro atoms. The van der Waals surface area contributed by atoms with Crippen molar-refractivity contribution in [3.63, 3.8) is 0 Å². The zero-order chi connectivity index (χ0) is 15.1. The maximum absolute atomic E-state index is 12.6. The van der Waals surface area contributed by atoms with E-state index in [0.29, 0.717) is 12.2 Å². The normalized spacial score (nSPS) is 10.4. The SMILES string of the molecule is CCOC(=O)CN(C(=O)c1ccccc1SC)C(C)C. The van der Waals surface area contributed by atoms with Gasteiger partial charge in [-0.05, 0) is 39.2 Å². The molecule has 1 aromatic rings. The van der Waals surface area contributed by atoms with Gasteiger partial charge in [-0.15, -0.1) is 11.8 Å². The molecule has 1 amide bonds. The van der Waals surface area contributed by atoms with E-state index in [9.17, 15) is 9.59 Å². The van der Waals surface area contributed by atoms with Crippen molar-refractivity contribution in [3.05, 3.63) is 29.8 Å². The van der Waals surface area contributed by atoms with E-state index in [1.807, 2.05) is 38.3 Å². The smallest absolute Gasteiger partial charge is 0.325 e. The number of ether oxygens (including phenoxy) is 1. The number of carbonyl (C=O) groups excluding carboxylic acids is 2. The van der Waals surface area contributed by atoms with Gasteiger partial charge in [-0.1, -0.05) is 12.1 Å². The topological polar surface area (TPSA) is 46.6 Å². The maximum Gasteiger partial charge on any atom is 0.325 e. The third kappa shape index (κ3) is 4.27. The minimum atomic E-state index is -0.379. The van der Waals surface area contributed by atoms with Crippen molar-refractivity contribution in [1.82, 2.24) is 4.90 Å². The molecule has 0 atom stereocenters. The first-order valence-electron chi connectivity index (χ1n) is 6.60. The van der Waals surface area contributed by atoms with Crippen LogP contribution >= 0.6 is 11.8 Å². The van der Waals surface area contributed by atoms with Gasteiger partial charge in [0.2, 0.25) is 0 Å². The first-order valence-corrected chi connectivity index (χ1v) is 7.83. The summed E-state index contributed by atoms with van der Waals surface area (Å²) in [7, 11) is 0. The Bertz CT molecular complexity index is 474. The lowest BCUT2D eigenvalue weighted by atomic mass is 10.1. The van der Waals surface area contributed by atoms with Crippen molar-refractivity contribution in [1.29, 1.82) is 0 Å². The Kier molecular flexibility index (Phi) is 6.58. The predicted octanol–water partition coefficient (Wildman–Crippen LogP) is 2.82. The molecule has 0 radical (unpaired) electrons. The number of esters is 1. The van der Waals surface area contributed by atoms with Crippen LogP contribution in [-0.2, 0) is 9.53 Å². The second-order valence-electron chi connectivity index (χ2n) is 4.53. The van der Waals surface area contributed by atoms with Crippen molar-refractivity contribution in [2.45, 2.75) is 31.7 Å². The van der Waals surface area contributed by atoms with Gasteiger partial charge < -0.3 is 9.64 Å². The number of amides is 1. The summed E-state index contributed by atoms with van der Waals surface area (Å²) in [5.74, 6) is -0.519. The number of thioether (sulfide) groups is 1. The molecule has 1 aromatic carbocycles. The lowest BCUT2D eigenvalue weighted by molar-refractivity contribution is -0.144. The fourth-order valence-electron chi connectivity index (χ4n) is 1.81. The highest BCUT2D eigenvalue weighted by molar-refractivity contribution is 7.98. The van der Waals surface area contributed by atoms with Crippen LogP contribution in [0, 0.1) is 0 Å². The van der Waals surface area contributed by atoms with Crippen LogP contribution in [-0.4, -0.2) is 42.2 Å². The van der Waals surface area contributed by atoms with E-state index in [2.05, 4.69) is 0 Å². The number of hydrogen-bond donors (Lipinski definition) is 0. The molecule has 0 N–H and O–H groups in total. The molecule has 0 saturated carbocycles. The standard InChI is InChI=1S/C15H21NO3S/c1-5-19-14(17)10-16(11(2)3)15(18)12-8-6-7-9-13(12)20-4/h6-9,11H,5,10H2,1-4H3. The minimum Gasteiger partial charge on any atom is -0.465 e. The van der Waals surface area contributed by atoms with Gasteiger partial charge in [0, 0.05) is 10.9 Å². The summed E-state index contributed by atoms with van der Waals surface area (Å²) in [6, 6.07) is 7.35. The molecule has 0 aromatic heterocycles. The van der Waals surface area contributed by atoms with Gasteiger partial charge in [0.25, 0.3) is 5.91 Å². The molecule has 4 nitrogen and oxygen atoms in total. The average molecular weight is 295 g/mol. The molecular formula is C15H21NO3S. The molecule has 0 unspecified atom stereocenters. The van der Waals surface area contributed by atoms with Crippen LogP contribution in [0.15, 0.2) is 29.2 Å². The van der Waals surface area contributed by atoms with Gasteiger partial charge in [0.05, 0.1) is 12.2 Å². The highest BCUT2D eigenvalue weighted by atomic mass is 32.2. The zero-order valence-electron chi connectivity index (χ0n) is 12.4. The summed E-state index contributed by atoms with van der Waals surface area (Å²) in [5.41, 5.74) is 0.623. The highest BCUT2D eigenvalue weighted by Gasteiger charge is 2.23. The quantitative estimate of drug-likeness (QED) is 0.598. The fourth-order valence-corrected chi connectivity index (χ4v) is 2.40. The summed E-state index contributed by atoms with van der Waals surface area (Å²) in [5, 5.41) is 0. The molecule has 0 bridgehead atoms.